The minimum atomic E-state index is -0.182. The summed E-state index contributed by atoms with van der Waals surface area (Å²) in [6.45, 7) is 4.05. The number of rotatable bonds is 2. The highest BCUT2D eigenvalue weighted by atomic mass is 16.5. The van der Waals surface area contributed by atoms with Crippen molar-refractivity contribution in [2.75, 3.05) is 19.7 Å². The highest BCUT2D eigenvalue weighted by Crippen LogP contribution is 2.19. The second kappa shape index (κ2) is 4.79. The third kappa shape index (κ3) is 2.22. The Hall–Kier alpha value is -1.86. The van der Waals surface area contributed by atoms with Crippen LogP contribution in [-0.2, 0) is 4.74 Å². The highest BCUT2D eigenvalue weighted by molar-refractivity contribution is 5.46. The van der Waals surface area contributed by atoms with Crippen LogP contribution in [-0.4, -0.2) is 40.0 Å². The molecule has 1 aliphatic rings. The lowest BCUT2D eigenvalue weighted by atomic mass is 10.3. The van der Waals surface area contributed by atoms with E-state index in [4.69, 9.17) is 9.26 Å². The molecule has 2 aromatic rings. The Morgan fingerprint density at radius 3 is 3.00 bits per heavy atom. The smallest absolute Gasteiger partial charge is 0.257 e. The van der Waals surface area contributed by atoms with E-state index in [0.717, 1.165) is 12.2 Å². The molecule has 2 aromatic heterocycles. The lowest BCUT2D eigenvalue weighted by molar-refractivity contribution is 0.00755. The van der Waals surface area contributed by atoms with E-state index < -0.39 is 0 Å². The largest absolute Gasteiger partial charge is 0.366 e. The standard InChI is InChI=1S/C11H13N5O2/c1-7-2-3-8(15-14-7)10-13-11(18-16-10)9-6-12-4-5-17-9/h2-3,9,12H,4-6H2,1H3. The van der Waals surface area contributed by atoms with Crippen LogP contribution in [0.2, 0.25) is 0 Å². The number of hydrogen-bond donors (Lipinski definition) is 1. The van der Waals surface area contributed by atoms with Gasteiger partial charge in [0.25, 0.3) is 5.89 Å². The van der Waals surface area contributed by atoms with E-state index in [0.29, 0.717) is 30.6 Å². The number of aryl methyl sites for hydroxylation is 1. The number of hydrogen-bond acceptors (Lipinski definition) is 7. The molecular weight excluding hydrogens is 234 g/mol. The molecule has 1 unspecified atom stereocenters. The SMILES string of the molecule is Cc1ccc(-c2noc(C3CNCCO3)n2)nn1. The van der Waals surface area contributed by atoms with Crippen LogP contribution in [0.3, 0.4) is 0 Å². The van der Waals surface area contributed by atoms with Gasteiger partial charge in [-0.3, -0.25) is 0 Å². The van der Waals surface area contributed by atoms with Gasteiger partial charge in [0.05, 0.1) is 12.3 Å². The first-order chi connectivity index (χ1) is 8.83. The predicted octanol–water partition coefficient (Wildman–Crippen LogP) is 0.496. The van der Waals surface area contributed by atoms with Crippen molar-refractivity contribution < 1.29 is 9.26 Å². The van der Waals surface area contributed by atoms with E-state index in [9.17, 15) is 0 Å². The second-order valence-corrected chi connectivity index (χ2v) is 4.08. The third-order valence-electron chi connectivity index (χ3n) is 2.67. The Labute approximate surface area is 104 Å². The Kier molecular flexibility index (Phi) is 2.99. The third-order valence-corrected chi connectivity index (χ3v) is 2.67. The molecule has 0 spiro atoms. The molecule has 1 atom stereocenters. The molecule has 0 radical (unpaired) electrons. The summed E-state index contributed by atoms with van der Waals surface area (Å²) in [7, 11) is 0. The summed E-state index contributed by atoms with van der Waals surface area (Å²) in [5.74, 6) is 0.909. The van der Waals surface area contributed by atoms with Crippen LogP contribution in [0.25, 0.3) is 11.5 Å². The van der Waals surface area contributed by atoms with Crippen LogP contribution in [0.1, 0.15) is 17.7 Å². The van der Waals surface area contributed by atoms with E-state index in [1.165, 1.54) is 0 Å². The fourth-order valence-corrected chi connectivity index (χ4v) is 1.71. The predicted molar refractivity (Wildman–Crippen MR) is 61.6 cm³/mol. The summed E-state index contributed by atoms with van der Waals surface area (Å²) >= 11 is 0. The van der Waals surface area contributed by atoms with Gasteiger partial charge in [0.1, 0.15) is 11.8 Å². The molecule has 1 fully saturated rings. The summed E-state index contributed by atoms with van der Waals surface area (Å²) in [6, 6.07) is 3.67. The van der Waals surface area contributed by atoms with Crippen LogP contribution in [0.5, 0.6) is 0 Å². The summed E-state index contributed by atoms with van der Waals surface area (Å²) in [5, 5.41) is 15.1. The fraction of sp³-hybridized carbons (Fsp3) is 0.455. The normalized spacial score (nSPS) is 19.9. The molecule has 0 aromatic carbocycles. The van der Waals surface area contributed by atoms with Crippen LogP contribution in [0, 0.1) is 6.92 Å². The molecule has 1 aliphatic heterocycles. The average Bonchev–Trinajstić information content (AvgIpc) is 2.90. The van der Waals surface area contributed by atoms with Gasteiger partial charge >= 0.3 is 0 Å². The van der Waals surface area contributed by atoms with Crippen LogP contribution in [0.4, 0.5) is 0 Å². The van der Waals surface area contributed by atoms with Gasteiger partial charge in [0, 0.05) is 13.1 Å². The maximum absolute atomic E-state index is 5.54. The van der Waals surface area contributed by atoms with Gasteiger partial charge in [-0.2, -0.15) is 10.1 Å². The van der Waals surface area contributed by atoms with E-state index in [1.54, 1.807) is 0 Å². The molecule has 3 heterocycles. The number of nitrogens with one attached hydrogen (secondary N) is 1. The molecule has 18 heavy (non-hydrogen) atoms. The first-order valence-electron chi connectivity index (χ1n) is 5.79. The van der Waals surface area contributed by atoms with Crippen LogP contribution < -0.4 is 5.32 Å². The van der Waals surface area contributed by atoms with Crippen molar-refractivity contribution in [2.24, 2.45) is 0 Å². The molecule has 0 bridgehead atoms. The van der Waals surface area contributed by atoms with Crippen molar-refractivity contribution in [1.82, 2.24) is 25.7 Å². The van der Waals surface area contributed by atoms with Crippen molar-refractivity contribution in [1.29, 1.82) is 0 Å². The van der Waals surface area contributed by atoms with E-state index >= 15 is 0 Å². The van der Waals surface area contributed by atoms with Gasteiger partial charge in [-0.15, -0.1) is 5.10 Å². The zero-order chi connectivity index (χ0) is 12.4. The summed E-state index contributed by atoms with van der Waals surface area (Å²) in [6.07, 6.45) is -0.182. The van der Waals surface area contributed by atoms with Crippen molar-refractivity contribution in [3.63, 3.8) is 0 Å². The zero-order valence-electron chi connectivity index (χ0n) is 9.96. The van der Waals surface area contributed by atoms with Gasteiger partial charge in [-0.25, -0.2) is 0 Å². The molecule has 7 nitrogen and oxygen atoms in total. The topological polar surface area (TPSA) is 86.0 Å². The van der Waals surface area contributed by atoms with Crippen LogP contribution in [0.15, 0.2) is 16.7 Å². The van der Waals surface area contributed by atoms with Gasteiger partial charge in [-0.1, -0.05) is 5.16 Å². The van der Waals surface area contributed by atoms with Gasteiger partial charge < -0.3 is 14.6 Å². The van der Waals surface area contributed by atoms with Gasteiger partial charge in [0.2, 0.25) is 5.82 Å². The summed E-state index contributed by atoms with van der Waals surface area (Å²) < 4.78 is 10.7. The molecule has 94 valence electrons. The lowest BCUT2D eigenvalue weighted by Crippen LogP contribution is -2.33. The molecule has 0 aliphatic carbocycles. The van der Waals surface area contributed by atoms with E-state index in [2.05, 4.69) is 25.7 Å². The first kappa shape index (κ1) is 11.2. The Balaban J connectivity index is 1.82. The molecular formula is C11H13N5O2. The maximum Gasteiger partial charge on any atom is 0.257 e. The summed E-state index contributed by atoms with van der Waals surface area (Å²) in [5.41, 5.74) is 1.45. The van der Waals surface area contributed by atoms with Crippen molar-refractivity contribution in [3.8, 4) is 11.5 Å². The maximum atomic E-state index is 5.54. The minimum absolute atomic E-state index is 0.182. The van der Waals surface area contributed by atoms with Gasteiger partial charge in [-0.05, 0) is 19.1 Å². The Bertz CT molecular complexity index is 518. The van der Waals surface area contributed by atoms with E-state index in [-0.39, 0.29) is 6.10 Å². The number of ether oxygens (including phenoxy) is 1. The van der Waals surface area contributed by atoms with Crippen molar-refractivity contribution in [3.05, 3.63) is 23.7 Å². The zero-order valence-corrected chi connectivity index (χ0v) is 9.96. The Morgan fingerprint density at radius 1 is 1.33 bits per heavy atom. The highest BCUT2D eigenvalue weighted by Gasteiger charge is 2.22. The number of nitrogens with zero attached hydrogens (tertiary/aromatic N) is 4. The van der Waals surface area contributed by atoms with Crippen molar-refractivity contribution >= 4 is 0 Å². The average molecular weight is 247 g/mol. The monoisotopic (exact) mass is 247 g/mol. The molecule has 3 rings (SSSR count). The fourth-order valence-electron chi connectivity index (χ4n) is 1.71. The first-order valence-corrected chi connectivity index (χ1v) is 5.79. The lowest BCUT2D eigenvalue weighted by Gasteiger charge is -2.19. The van der Waals surface area contributed by atoms with Crippen molar-refractivity contribution in [2.45, 2.75) is 13.0 Å². The molecule has 1 saturated heterocycles. The minimum Gasteiger partial charge on any atom is -0.366 e. The number of aromatic nitrogens is 4. The molecule has 1 N–H and O–H groups in total. The quantitative estimate of drug-likeness (QED) is 0.826. The molecule has 7 heteroatoms. The van der Waals surface area contributed by atoms with E-state index in [1.807, 2.05) is 19.1 Å². The second-order valence-electron chi connectivity index (χ2n) is 4.08. The van der Waals surface area contributed by atoms with Gasteiger partial charge in [0.15, 0.2) is 0 Å². The molecule has 0 saturated carbocycles. The van der Waals surface area contributed by atoms with Crippen LogP contribution >= 0.6 is 0 Å². The number of morpholine rings is 1. The Morgan fingerprint density at radius 2 is 2.28 bits per heavy atom. The summed E-state index contributed by atoms with van der Waals surface area (Å²) in [4.78, 5) is 4.29. The molecule has 0 amide bonds.